The van der Waals surface area contributed by atoms with Crippen LogP contribution in [-0.2, 0) is 4.79 Å². The molecule has 0 spiro atoms. The first kappa shape index (κ1) is 14.0. The predicted octanol–water partition coefficient (Wildman–Crippen LogP) is 1.41. The van der Waals surface area contributed by atoms with Crippen LogP contribution in [-0.4, -0.2) is 41.2 Å². The van der Waals surface area contributed by atoms with Crippen LogP contribution >= 0.6 is 0 Å². The minimum absolute atomic E-state index is 0.113. The third kappa shape index (κ3) is 2.61. The van der Waals surface area contributed by atoms with Crippen LogP contribution in [0.1, 0.15) is 23.7 Å². The normalized spacial score (nSPS) is 18.2. The minimum atomic E-state index is -0.639. The van der Waals surface area contributed by atoms with Gasteiger partial charge in [-0.05, 0) is 13.0 Å². The van der Waals surface area contributed by atoms with Crippen molar-refractivity contribution < 1.29 is 19.2 Å². The second-order valence-corrected chi connectivity index (χ2v) is 4.65. The summed E-state index contributed by atoms with van der Waals surface area (Å²) in [5, 5.41) is 10.7. The molecule has 1 aromatic rings. The number of ketones is 1. The maximum atomic E-state index is 11.8. The Kier molecular flexibility index (Phi) is 3.69. The molecule has 1 atom stereocenters. The molecule has 0 aromatic heterocycles. The highest BCUT2D eigenvalue weighted by molar-refractivity contribution is 5.97. The molecule has 106 valence electrons. The maximum Gasteiger partial charge on any atom is 0.270 e. The Hall–Kier alpha value is -2.44. The van der Waals surface area contributed by atoms with Crippen LogP contribution in [0.4, 0.5) is 5.69 Å². The van der Waals surface area contributed by atoms with E-state index in [2.05, 4.69) is 0 Å². The highest BCUT2D eigenvalue weighted by atomic mass is 16.6. The number of benzene rings is 1. The van der Waals surface area contributed by atoms with Gasteiger partial charge in [-0.15, -0.1) is 0 Å². The van der Waals surface area contributed by atoms with Crippen LogP contribution < -0.4 is 4.74 Å². The average Bonchev–Trinajstić information content (AvgIpc) is 2.70. The van der Waals surface area contributed by atoms with E-state index in [1.165, 1.54) is 25.1 Å². The summed E-state index contributed by atoms with van der Waals surface area (Å²) < 4.78 is 5.55. The largest absolute Gasteiger partial charge is 0.480 e. The van der Waals surface area contributed by atoms with Crippen LogP contribution in [0.3, 0.4) is 0 Å². The summed E-state index contributed by atoms with van der Waals surface area (Å²) in [7, 11) is 1.67. The second-order valence-electron chi connectivity index (χ2n) is 4.65. The first-order valence-corrected chi connectivity index (χ1v) is 6.11. The molecule has 1 unspecified atom stereocenters. The van der Waals surface area contributed by atoms with Gasteiger partial charge in [-0.25, -0.2) is 0 Å². The van der Waals surface area contributed by atoms with Crippen LogP contribution in [0.2, 0.25) is 0 Å². The first-order valence-electron chi connectivity index (χ1n) is 6.11. The van der Waals surface area contributed by atoms with Crippen LogP contribution in [0, 0.1) is 10.1 Å². The molecule has 1 heterocycles. The van der Waals surface area contributed by atoms with Gasteiger partial charge < -0.3 is 9.64 Å². The van der Waals surface area contributed by atoms with E-state index in [0.717, 1.165) is 0 Å². The number of carbonyl (C=O) groups is 2. The summed E-state index contributed by atoms with van der Waals surface area (Å²) >= 11 is 0. The second kappa shape index (κ2) is 5.28. The molecule has 1 saturated heterocycles. The number of nitrogens with zero attached hydrogens (tertiary/aromatic N) is 2. The highest BCUT2D eigenvalue weighted by Gasteiger charge is 2.31. The Labute approximate surface area is 115 Å². The number of hydrogen-bond donors (Lipinski definition) is 0. The number of non-ortho nitro benzene ring substituents is 1. The molecule has 1 aliphatic heterocycles. The number of ether oxygens (including phenoxy) is 1. The SMILES string of the molecule is CC(=O)c1cc([N+](=O)[O-])ccc1OC1CCN(C)C1=O. The Bertz CT molecular complexity index is 584. The summed E-state index contributed by atoms with van der Waals surface area (Å²) in [6.45, 7) is 1.89. The van der Waals surface area contributed by atoms with E-state index in [4.69, 9.17) is 4.74 Å². The van der Waals surface area contributed by atoms with E-state index < -0.39 is 11.0 Å². The van der Waals surface area contributed by atoms with Crippen molar-refractivity contribution in [3.05, 3.63) is 33.9 Å². The molecule has 2 rings (SSSR count). The van der Waals surface area contributed by atoms with Gasteiger partial charge in [0, 0.05) is 32.1 Å². The van der Waals surface area contributed by atoms with Gasteiger partial charge in [0.05, 0.1) is 10.5 Å². The van der Waals surface area contributed by atoms with Gasteiger partial charge >= 0.3 is 0 Å². The fourth-order valence-electron chi connectivity index (χ4n) is 2.06. The number of Topliss-reactive ketones (excluding diaryl/α,β-unsaturated/α-hetero) is 1. The lowest BCUT2D eigenvalue weighted by Crippen LogP contribution is -2.29. The molecular formula is C13H14N2O5. The fraction of sp³-hybridized carbons (Fsp3) is 0.385. The van der Waals surface area contributed by atoms with Crippen molar-refractivity contribution in [2.24, 2.45) is 0 Å². The van der Waals surface area contributed by atoms with E-state index in [9.17, 15) is 19.7 Å². The third-order valence-corrected chi connectivity index (χ3v) is 3.20. The minimum Gasteiger partial charge on any atom is -0.480 e. The third-order valence-electron chi connectivity index (χ3n) is 3.20. The van der Waals surface area contributed by atoms with Gasteiger partial charge in [-0.3, -0.25) is 19.7 Å². The van der Waals surface area contributed by atoms with E-state index >= 15 is 0 Å². The van der Waals surface area contributed by atoms with Crippen molar-refractivity contribution >= 4 is 17.4 Å². The van der Waals surface area contributed by atoms with Gasteiger partial charge in [0.1, 0.15) is 5.75 Å². The molecule has 1 aliphatic rings. The molecule has 1 aromatic carbocycles. The smallest absolute Gasteiger partial charge is 0.270 e. The number of nitro benzene ring substituents is 1. The molecular weight excluding hydrogens is 264 g/mol. The molecule has 0 aliphatic carbocycles. The van der Waals surface area contributed by atoms with E-state index in [-0.39, 0.29) is 28.7 Å². The number of nitro groups is 1. The Balaban J connectivity index is 2.30. The van der Waals surface area contributed by atoms with Crippen molar-refractivity contribution in [3.63, 3.8) is 0 Å². The number of hydrogen-bond acceptors (Lipinski definition) is 5. The van der Waals surface area contributed by atoms with Crippen LogP contribution in [0.25, 0.3) is 0 Å². The molecule has 7 nitrogen and oxygen atoms in total. The van der Waals surface area contributed by atoms with E-state index in [0.29, 0.717) is 13.0 Å². The first-order chi connectivity index (χ1) is 9.40. The molecule has 7 heteroatoms. The van der Waals surface area contributed by atoms with Gasteiger partial charge in [0.25, 0.3) is 11.6 Å². The summed E-state index contributed by atoms with van der Waals surface area (Å²) in [5.41, 5.74) is -0.0704. The lowest BCUT2D eigenvalue weighted by molar-refractivity contribution is -0.384. The number of carbonyl (C=O) groups excluding carboxylic acids is 2. The topological polar surface area (TPSA) is 89.8 Å². The molecule has 0 radical (unpaired) electrons. The van der Waals surface area contributed by atoms with E-state index in [1.54, 1.807) is 11.9 Å². The number of rotatable bonds is 4. The van der Waals surface area contributed by atoms with Crippen molar-refractivity contribution in [1.29, 1.82) is 0 Å². The predicted molar refractivity (Wildman–Crippen MR) is 69.8 cm³/mol. The zero-order valence-electron chi connectivity index (χ0n) is 11.2. The Morgan fingerprint density at radius 3 is 2.70 bits per heavy atom. The number of likely N-dealkylation sites (N-methyl/N-ethyl adjacent to an activating group) is 1. The Morgan fingerprint density at radius 2 is 2.20 bits per heavy atom. The van der Waals surface area contributed by atoms with Crippen molar-refractivity contribution in [2.75, 3.05) is 13.6 Å². The van der Waals surface area contributed by atoms with Crippen molar-refractivity contribution in [1.82, 2.24) is 4.90 Å². The molecule has 0 N–H and O–H groups in total. The summed E-state index contributed by atoms with van der Waals surface area (Å²) in [6, 6.07) is 3.78. The zero-order valence-corrected chi connectivity index (χ0v) is 11.2. The molecule has 0 saturated carbocycles. The van der Waals surface area contributed by atoms with Gasteiger partial charge in [0.2, 0.25) is 0 Å². The molecule has 20 heavy (non-hydrogen) atoms. The van der Waals surface area contributed by atoms with Gasteiger partial charge in [-0.2, -0.15) is 0 Å². The maximum absolute atomic E-state index is 11.8. The fourth-order valence-corrected chi connectivity index (χ4v) is 2.06. The molecule has 1 fully saturated rings. The zero-order chi connectivity index (χ0) is 14.9. The average molecular weight is 278 g/mol. The number of likely N-dealkylation sites (tertiary alicyclic amines) is 1. The van der Waals surface area contributed by atoms with Crippen molar-refractivity contribution in [2.45, 2.75) is 19.4 Å². The number of amides is 1. The van der Waals surface area contributed by atoms with E-state index in [1.807, 2.05) is 0 Å². The van der Waals surface area contributed by atoms with Gasteiger partial charge in [-0.1, -0.05) is 0 Å². The monoisotopic (exact) mass is 278 g/mol. The highest BCUT2D eigenvalue weighted by Crippen LogP contribution is 2.27. The summed E-state index contributed by atoms with van der Waals surface area (Å²) in [6.07, 6.45) is -0.108. The van der Waals surface area contributed by atoms with Crippen LogP contribution in [0.5, 0.6) is 5.75 Å². The van der Waals surface area contributed by atoms with Crippen LogP contribution in [0.15, 0.2) is 18.2 Å². The van der Waals surface area contributed by atoms with Gasteiger partial charge in [0.15, 0.2) is 11.9 Å². The molecule has 1 amide bonds. The quantitative estimate of drug-likeness (QED) is 0.472. The summed E-state index contributed by atoms with van der Waals surface area (Å²) in [5.74, 6) is -0.294. The van der Waals surface area contributed by atoms with Crippen molar-refractivity contribution in [3.8, 4) is 5.75 Å². The Morgan fingerprint density at radius 1 is 1.50 bits per heavy atom. The lowest BCUT2D eigenvalue weighted by Gasteiger charge is -2.14. The standard InChI is InChI=1S/C13H14N2O5/c1-8(16)10-7-9(15(18)19)3-4-11(10)20-12-5-6-14(2)13(12)17/h3-4,7,12H,5-6H2,1-2H3. The molecule has 0 bridgehead atoms. The lowest BCUT2D eigenvalue weighted by atomic mass is 10.1. The summed E-state index contributed by atoms with van der Waals surface area (Å²) in [4.78, 5) is 35.0.